The molecule has 2 amide bonds. The number of fused-ring (bicyclic) bond motifs is 1. The number of aryl methyl sites for hydroxylation is 1. The summed E-state index contributed by atoms with van der Waals surface area (Å²) in [4.78, 5) is 34.3. The number of anilines is 1. The van der Waals surface area contributed by atoms with E-state index in [9.17, 15) is 9.59 Å². The minimum atomic E-state index is -0.522. The van der Waals surface area contributed by atoms with Gasteiger partial charge in [-0.3, -0.25) is 10.1 Å². The van der Waals surface area contributed by atoms with E-state index in [-0.39, 0.29) is 17.6 Å². The van der Waals surface area contributed by atoms with E-state index in [1.54, 1.807) is 0 Å². The van der Waals surface area contributed by atoms with Crippen LogP contribution in [-0.4, -0.2) is 33.6 Å². The molecule has 2 aliphatic carbocycles. The van der Waals surface area contributed by atoms with Gasteiger partial charge in [-0.25, -0.2) is 14.8 Å². The minimum absolute atomic E-state index is 0.00174. The molecule has 29 heavy (non-hydrogen) atoms. The van der Waals surface area contributed by atoms with Crippen LogP contribution >= 0.6 is 11.3 Å². The van der Waals surface area contributed by atoms with Crippen molar-refractivity contribution in [3.8, 4) is 0 Å². The lowest BCUT2D eigenvalue weighted by Gasteiger charge is -2.25. The molecule has 0 radical (unpaired) electrons. The Balaban J connectivity index is 1.33. The van der Waals surface area contributed by atoms with Crippen molar-refractivity contribution in [1.82, 2.24) is 15.3 Å². The lowest BCUT2D eigenvalue weighted by molar-refractivity contribution is 0.0500. The highest BCUT2D eigenvalue weighted by Gasteiger charge is 2.27. The SMILES string of the molecule is CC(C)(C)OC(=O)N[C@H]1CCc2nc(NC(=O)c3coc(CC4CC4)n3)sc2C1. The minimum Gasteiger partial charge on any atom is -0.448 e. The van der Waals surface area contributed by atoms with Gasteiger partial charge in [-0.15, -0.1) is 11.3 Å². The van der Waals surface area contributed by atoms with Gasteiger partial charge in [-0.05, 0) is 52.4 Å². The standard InChI is InChI=1S/C20H26N4O4S/c1-20(2,3)28-19(26)21-12-6-7-13-15(9-12)29-18(23-13)24-17(25)14-10-27-16(22-14)8-11-4-5-11/h10-12H,4-9H2,1-3H3,(H,21,26)(H,23,24,25)/t12-/m0/s1. The third-order valence-electron chi connectivity index (χ3n) is 4.83. The summed E-state index contributed by atoms with van der Waals surface area (Å²) < 4.78 is 10.7. The largest absolute Gasteiger partial charge is 0.448 e. The average Bonchev–Trinajstić information content (AvgIpc) is 3.13. The first-order valence-electron chi connectivity index (χ1n) is 9.99. The number of carbonyl (C=O) groups is 2. The number of hydrogen-bond acceptors (Lipinski definition) is 7. The molecular formula is C20H26N4O4S. The van der Waals surface area contributed by atoms with Crippen LogP contribution in [0.2, 0.25) is 0 Å². The third-order valence-corrected chi connectivity index (χ3v) is 5.86. The van der Waals surface area contributed by atoms with Gasteiger partial charge < -0.3 is 14.5 Å². The molecule has 2 aliphatic rings. The molecule has 0 bridgehead atoms. The van der Waals surface area contributed by atoms with Crippen LogP contribution in [0.25, 0.3) is 0 Å². The van der Waals surface area contributed by atoms with E-state index in [1.165, 1.54) is 30.4 Å². The molecule has 0 aromatic carbocycles. The van der Waals surface area contributed by atoms with Gasteiger partial charge in [0, 0.05) is 23.8 Å². The van der Waals surface area contributed by atoms with Crippen molar-refractivity contribution in [2.75, 3.05) is 5.32 Å². The van der Waals surface area contributed by atoms with Gasteiger partial charge in [-0.1, -0.05) is 0 Å². The lowest BCUT2D eigenvalue weighted by Crippen LogP contribution is -2.41. The number of nitrogens with zero attached hydrogens (tertiary/aromatic N) is 2. The predicted molar refractivity (Wildman–Crippen MR) is 108 cm³/mol. The van der Waals surface area contributed by atoms with Crippen LogP contribution < -0.4 is 10.6 Å². The molecule has 2 aromatic rings. The third kappa shape index (κ3) is 5.35. The monoisotopic (exact) mass is 418 g/mol. The predicted octanol–water partition coefficient (Wildman–Crippen LogP) is 3.72. The van der Waals surface area contributed by atoms with E-state index in [2.05, 4.69) is 20.6 Å². The fraction of sp³-hybridized carbons (Fsp3) is 0.600. The van der Waals surface area contributed by atoms with E-state index in [0.29, 0.717) is 23.4 Å². The molecule has 1 saturated carbocycles. The summed E-state index contributed by atoms with van der Waals surface area (Å²) in [6.07, 6.45) is 6.42. The van der Waals surface area contributed by atoms with Crippen molar-refractivity contribution in [2.45, 2.75) is 70.9 Å². The molecule has 0 aliphatic heterocycles. The Kier molecular flexibility index (Phi) is 5.33. The summed E-state index contributed by atoms with van der Waals surface area (Å²) in [6, 6.07) is 0.00174. The second kappa shape index (κ2) is 7.78. The average molecular weight is 419 g/mol. The Morgan fingerprint density at radius 1 is 1.28 bits per heavy atom. The summed E-state index contributed by atoms with van der Waals surface area (Å²) in [5.74, 6) is 0.954. The molecule has 8 nitrogen and oxygen atoms in total. The highest BCUT2D eigenvalue weighted by atomic mass is 32.1. The van der Waals surface area contributed by atoms with Crippen LogP contribution in [0.4, 0.5) is 9.93 Å². The number of aromatic nitrogens is 2. The maximum absolute atomic E-state index is 12.4. The Morgan fingerprint density at radius 2 is 2.07 bits per heavy atom. The Bertz CT molecular complexity index is 910. The fourth-order valence-corrected chi connectivity index (χ4v) is 4.35. The molecule has 9 heteroatoms. The van der Waals surface area contributed by atoms with Gasteiger partial charge in [0.15, 0.2) is 16.7 Å². The number of rotatable bonds is 5. The van der Waals surface area contributed by atoms with Gasteiger partial charge in [-0.2, -0.15) is 0 Å². The van der Waals surface area contributed by atoms with Crippen molar-refractivity contribution < 1.29 is 18.7 Å². The number of hydrogen-bond donors (Lipinski definition) is 2. The Labute approximate surface area is 173 Å². The van der Waals surface area contributed by atoms with Crippen molar-refractivity contribution in [3.05, 3.63) is 28.4 Å². The molecule has 4 rings (SSSR count). The molecule has 156 valence electrons. The number of oxazole rings is 1. The first kappa shape index (κ1) is 19.9. The maximum atomic E-state index is 12.4. The van der Waals surface area contributed by atoms with Gasteiger partial charge in [0.25, 0.3) is 5.91 Å². The number of carbonyl (C=O) groups excluding carboxylic acids is 2. The van der Waals surface area contributed by atoms with Crippen LogP contribution in [0.3, 0.4) is 0 Å². The zero-order valence-electron chi connectivity index (χ0n) is 16.9. The summed E-state index contributed by atoms with van der Waals surface area (Å²) in [7, 11) is 0. The van der Waals surface area contributed by atoms with E-state index in [1.807, 2.05) is 20.8 Å². The quantitative estimate of drug-likeness (QED) is 0.766. The van der Waals surface area contributed by atoms with Crippen LogP contribution in [0.5, 0.6) is 0 Å². The van der Waals surface area contributed by atoms with Crippen molar-refractivity contribution in [3.63, 3.8) is 0 Å². The van der Waals surface area contributed by atoms with E-state index in [4.69, 9.17) is 9.15 Å². The number of thiazole rings is 1. The Morgan fingerprint density at radius 3 is 2.79 bits per heavy atom. The number of amides is 2. The van der Waals surface area contributed by atoms with Crippen molar-refractivity contribution in [2.24, 2.45) is 5.92 Å². The molecule has 0 saturated heterocycles. The molecule has 2 aromatic heterocycles. The topological polar surface area (TPSA) is 106 Å². The number of nitrogens with one attached hydrogen (secondary N) is 2. The van der Waals surface area contributed by atoms with E-state index < -0.39 is 11.7 Å². The first-order chi connectivity index (χ1) is 13.7. The Hall–Kier alpha value is -2.42. The summed E-state index contributed by atoms with van der Waals surface area (Å²) >= 11 is 1.44. The maximum Gasteiger partial charge on any atom is 0.407 e. The van der Waals surface area contributed by atoms with Crippen LogP contribution in [0.1, 0.15) is 67.0 Å². The van der Waals surface area contributed by atoms with E-state index >= 15 is 0 Å². The molecule has 1 atom stereocenters. The number of alkyl carbamates (subject to hydrolysis) is 1. The number of ether oxygens (including phenoxy) is 1. The smallest absolute Gasteiger partial charge is 0.407 e. The zero-order valence-corrected chi connectivity index (χ0v) is 17.7. The normalized spacial score (nSPS) is 18.8. The molecular weight excluding hydrogens is 392 g/mol. The fourth-order valence-electron chi connectivity index (χ4n) is 3.26. The second-order valence-electron chi connectivity index (χ2n) is 8.70. The highest BCUT2D eigenvalue weighted by molar-refractivity contribution is 7.15. The van der Waals surface area contributed by atoms with Gasteiger partial charge in [0.2, 0.25) is 0 Å². The van der Waals surface area contributed by atoms with Crippen molar-refractivity contribution in [1.29, 1.82) is 0 Å². The van der Waals surface area contributed by atoms with Gasteiger partial charge in [0.05, 0.1) is 5.69 Å². The second-order valence-corrected chi connectivity index (χ2v) is 9.79. The van der Waals surface area contributed by atoms with E-state index in [0.717, 1.165) is 29.8 Å². The molecule has 2 heterocycles. The molecule has 1 fully saturated rings. The molecule has 0 spiro atoms. The van der Waals surface area contributed by atoms with Crippen molar-refractivity contribution >= 4 is 28.5 Å². The van der Waals surface area contributed by atoms with Gasteiger partial charge >= 0.3 is 6.09 Å². The van der Waals surface area contributed by atoms with Crippen LogP contribution in [0.15, 0.2) is 10.7 Å². The van der Waals surface area contributed by atoms with Gasteiger partial charge in [0.1, 0.15) is 11.9 Å². The highest BCUT2D eigenvalue weighted by Crippen LogP contribution is 2.32. The molecule has 2 N–H and O–H groups in total. The lowest BCUT2D eigenvalue weighted by atomic mass is 9.98. The zero-order chi connectivity index (χ0) is 20.6. The first-order valence-corrected chi connectivity index (χ1v) is 10.8. The van der Waals surface area contributed by atoms with Crippen LogP contribution in [0, 0.1) is 5.92 Å². The summed E-state index contributed by atoms with van der Waals surface area (Å²) in [5, 5.41) is 6.29. The summed E-state index contributed by atoms with van der Waals surface area (Å²) in [5.41, 5.74) is 0.728. The van der Waals surface area contributed by atoms with Crippen LogP contribution in [-0.2, 0) is 24.0 Å². The molecule has 0 unspecified atom stereocenters. The summed E-state index contributed by atoms with van der Waals surface area (Å²) in [6.45, 7) is 5.52.